The number of aromatic amines is 1. The highest BCUT2D eigenvalue weighted by molar-refractivity contribution is 8.54. The van der Waals surface area contributed by atoms with Crippen LogP contribution in [0.2, 0.25) is 0 Å². The van der Waals surface area contributed by atoms with Crippen LogP contribution in [-0.4, -0.2) is 85.0 Å². The molecule has 0 radical (unpaired) electrons. The molecule has 2 bridgehead atoms. The number of imidazole rings is 1. The molecular formula is C34H32F2N7O13P2S-. The van der Waals surface area contributed by atoms with Crippen LogP contribution in [0.15, 0.2) is 83.0 Å². The third-order valence-electron chi connectivity index (χ3n) is 9.42. The molecule has 5 aromatic rings. The second-order valence-electron chi connectivity index (χ2n) is 13.4. The summed E-state index contributed by atoms with van der Waals surface area (Å²) in [5, 5.41) is 0. The quantitative estimate of drug-likeness (QED) is 0.135. The number of aromatic nitrogens is 6. The van der Waals surface area contributed by atoms with Gasteiger partial charge in [0.05, 0.1) is 25.1 Å². The predicted molar refractivity (Wildman–Crippen MR) is 199 cm³/mol. The molecule has 25 heteroatoms. The van der Waals surface area contributed by atoms with Crippen molar-refractivity contribution in [1.29, 1.82) is 0 Å². The number of H-pyrrole nitrogens is 1. The first kappa shape index (κ1) is 41.1. The Labute approximate surface area is 334 Å². The van der Waals surface area contributed by atoms with Gasteiger partial charge in [-0.3, -0.25) is 32.5 Å². The minimum atomic E-state index is -5.51. The molecule has 6 heterocycles. The number of alkyl halides is 2. The van der Waals surface area contributed by atoms with Crippen molar-refractivity contribution < 1.29 is 59.9 Å². The van der Waals surface area contributed by atoms with Gasteiger partial charge in [0, 0.05) is 18.0 Å². The molecule has 0 aliphatic carbocycles. The smallest absolute Gasteiger partial charge is 0.390 e. The van der Waals surface area contributed by atoms with Gasteiger partial charge in [-0.15, -0.1) is 0 Å². The predicted octanol–water partition coefficient (Wildman–Crippen LogP) is 3.28. The molecule has 10 atom stereocenters. The van der Waals surface area contributed by atoms with Crippen LogP contribution in [0.5, 0.6) is 5.75 Å². The maximum absolute atomic E-state index is 16.3. The largest absolute Gasteiger partial charge is 0.756 e. The molecular weight excluding hydrogens is 846 g/mol. The number of phosphoric ester groups is 1. The molecule has 0 saturated carbocycles. The van der Waals surface area contributed by atoms with Crippen LogP contribution in [0, 0.1) is 6.92 Å². The van der Waals surface area contributed by atoms with Crippen LogP contribution in [0.4, 0.5) is 14.6 Å². The number of halogens is 2. The fourth-order valence-electron chi connectivity index (χ4n) is 6.45. The zero-order chi connectivity index (χ0) is 41.6. The van der Waals surface area contributed by atoms with Gasteiger partial charge in [0.1, 0.15) is 42.0 Å². The van der Waals surface area contributed by atoms with E-state index in [-0.39, 0.29) is 28.5 Å². The molecule has 3 N–H and O–H groups in total. The number of fused-ring (bicyclic) bond motifs is 4. The molecule has 0 amide bonds. The van der Waals surface area contributed by atoms with Crippen molar-refractivity contribution in [1.82, 2.24) is 29.1 Å². The molecule has 8 rings (SSSR count). The van der Waals surface area contributed by atoms with E-state index in [1.807, 2.05) is 11.9 Å². The number of hydrogen-bond acceptors (Lipinski definition) is 18. The van der Waals surface area contributed by atoms with E-state index in [1.165, 1.54) is 12.1 Å². The molecule has 0 spiro atoms. The first-order chi connectivity index (χ1) is 28.2. The fraction of sp³-hybridized carbons (Fsp3) is 0.353. The van der Waals surface area contributed by atoms with Gasteiger partial charge < -0.3 is 33.9 Å². The first-order valence-corrected chi connectivity index (χ1v) is 22.2. The summed E-state index contributed by atoms with van der Waals surface area (Å²) >= 11 is 0.559. The van der Waals surface area contributed by atoms with E-state index in [2.05, 4.69) is 15.0 Å². The lowest BCUT2D eigenvalue weighted by molar-refractivity contribution is -0.235. The van der Waals surface area contributed by atoms with Crippen molar-refractivity contribution in [2.75, 3.05) is 18.9 Å². The Hall–Kier alpha value is -4.67. The van der Waals surface area contributed by atoms with Crippen molar-refractivity contribution in [2.24, 2.45) is 0 Å². The van der Waals surface area contributed by atoms with Gasteiger partial charge in [0.2, 0.25) is 0 Å². The van der Waals surface area contributed by atoms with E-state index in [0.717, 1.165) is 39.6 Å². The lowest BCUT2D eigenvalue weighted by atomic mass is 10.1. The molecule has 3 fully saturated rings. The number of hydrogen-bond donors (Lipinski definition) is 2. The van der Waals surface area contributed by atoms with Crippen LogP contribution >= 0.6 is 26.0 Å². The van der Waals surface area contributed by atoms with E-state index >= 15 is 8.78 Å². The van der Waals surface area contributed by atoms with Crippen molar-refractivity contribution in [3.8, 4) is 5.75 Å². The van der Waals surface area contributed by atoms with Crippen molar-refractivity contribution in [3.63, 3.8) is 0 Å². The summed E-state index contributed by atoms with van der Waals surface area (Å²) in [5.74, 6) is -0.559. The van der Waals surface area contributed by atoms with E-state index in [4.69, 9.17) is 38.0 Å². The normalized spacial score (nSPS) is 31.2. The number of nitrogens with two attached hydrogens (primary N) is 1. The van der Waals surface area contributed by atoms with Crippen LogP contribution in [0.25, 0.3) is 11.2 Å². The van der Waals surface area contributed by atoms with Gasteiger partial charge in [-0.1, -0.05) is 29.8 Å². The molecule has 59 heavy (non-hydrogen) atoms. The topological polar surface area (TPSA) is 263 Å². The number of esters is 1. The number of aryl methyl sites for hydroxylation is 1. The van der Waals surface area contributed by atoms with Gasteiger partial charge >= 0.3 is 18.5 Å². The van der Waals surface area contributed by atoms with E-state index < -0.39 is 94.3 Å². The number of anilines is 1. The Bertz CT molecular complexity index is 2580. The second kappa shape index (κ2) is 16.4. The third kappa shape index (κ3) is 8.67. The first-order valence-electron chi connectivity index (χ1n) is 17.6. The highest BCUT2D eigenvalue weighted by Crippen LogP contribution is 2.65. The average Bonchev–Trinajstić information content (AvgIpc) is 3.86. The fourth-order valence-corrected chi connectivity index (χ4v) is 10.7. The van der Waals surface area contributed by atoms with Crippen LogP contribution in [0.3, 0.4) is 0 Å². The minimum Gasteiger partial charge on any atom is -0.756 e. The van der Waals surface area contributed by atoms with E-state index in [1.54, 1.807) is 36.4 Å². The van der Waals surface area contributed by atoms with Crippen LogP contribution < -0.4 is 26.6 Å². The third-order valence-corrected chi connectivity index (χ3v) is 14.0. The minimum absolute atomic E-state index is 0.0276. The number of nitrogen functional groups attached to an aromatic ring is 1. The maximum Gasteiger partial charge on any atom is 0.390 e. The number of benzene rings is 2. The van der Waals surface area contributed by atoms with Gasteiger partial charge in [-0.2, -0.15) is 0 Å². The zero-order valence-corrected chi connectivity index (χ0v) is 33.0. The highest BCUT2D eigenvalue weighted by atomic mass is 32.7. The Morgan fingerprint density at radius 1 is 0.932 bits per heavy atom. The molecule has 1 unspecified atom stereocenters. The molecule has 3 aliphatic heterocycles. The van der Waals surface area contributed by atoms with Crippen molar-refractivity contribution in [2.45, 2.75) is 61.9 Å². The monoisotopic (exact) mass is 878 g/mol. The Balaban J connectivity index is 1.09. The highest BCUT2D eigenvalue weighted by Gasteiger charge is 2.54. The van der Waals surface area contributed by atoms with Gasteiger partial charge in [0.15, 0.2) is 36.3 Å². The standard InChI is InChI=1S/C34H33F2N7O13P2S/c1-17-2-6-19(7-3-17)33(45)52-20-8-4-18(5-9-20)14-59-58(49)51-13-22-27(25(36)31(54-22)43-16-40-26-29(37)38-15-39-30(26)43)55-57(47,48)50-12-21-24(35)28(56-58)32(53-21)42-11-10-23(44)41-34(42)46/h2-11,15-16,21-22,24-25,27-28,31-32H,12-14H2,1H3,(H,47,48)(H2,37,38,39)(H,41,44,46)/p-1/t21-,22-,24-,25-,27-,28-,31-,32-,58+/m1/s1. The van der Waals surface area contributed by atoms with Crippen LogP contribution in [0.1, 0.15) is 33.9 Å². The van der Waals surface area contributed by atoms with Gasteiger partial charge in [-0.05, 0) is 48.1 Å². The maximum atomic E-state index is 16.3. The van der Waals surface area contributed by atoms with E-state index in [9.17, 15) is 28.4 Å². The zero-order valence-electron chi connectivity index (χ0n) is 30.3. The summed E-state index contributed by atoms with van der Waals surface area (Å²) in [7, 11) is -5.51. The molecule has 312 valence electrons. The number of ether oxygens (including phenoxy) is 3. The molecule has 3 saturated heterocycles. The summed E-state index contributed by atoms with van der Waals surface area (Å²) in [6.07, 6.45) is -12.1. The Morgan fingerprint density at radius 3 is 2.41 bits per heavy atom. The number of rotatable bonds is 7. The number of carbonyl (C=O) groups is 1. The Kier molecular flexibility index (Phi) is 11.4. The number of phosphoric acid groups is 1. The number of carbonyl (C=O) groups excluding carboxylic acids is 1. The lowest BCUT2D eigenvalue weighted by Crippen LogP contribution is -2.37. The number of nitrogens with zero attached hydrogens (tertiary/aromatic N) is 5. The molecule has 3 aliphatic rings. The molecule has 3 aromatic heterocycles. The number of nitrogens with one attached hydrogen (secondary N) is 1. The van der Waals surface area contributed by atoms with Crippen molar-refractivity contribution in [3.05, 3.63) is 111 Å². The van der Waals surface area contributed by atoms with E-state index in [0.29, 0.717) is 22.5 Å². The average molecular weight is 879 g/mol. The SMILES string of the molecule is Cc1ccc(C(=O)Oc2ccc(CS[P@@]3(=O)OC[C@H]4O[C@@H](n5cnc6c(N)ncnc65)[C@H](F)[C@@H]4OP(=O)([O-])OC[C@H]4O[C@@H](n5ccc(=O)[nH]c5=O)[C@H](O3)[C@@H]4F)cc2)cc1. The Morgan fingerprint density at radius 2 is 1.66 bits per heavy atom. The summed E-state index contributed by atoms with van der Waals surface area (Å²) in [6.45, 7) is -4.74. The molecule has 20 nitrogen and oxygen atoms in total. The second-order valence-corrected chi connectivity index (χ2v) is 18.8. The summed E-state index contributed by atoms with van der Waals surface area (Å²) in [5.41, 5.74) is 5.96. The van der Waals surface area contributed by atoms with Gasteiger partial charge in [0.25, 0.3) is 13.4 Å². The van der Waals surface area contributed by atoms with Gasteiger partial charge in [-0.25, -0.2) is 37.9 Å². The van der Waals surface area contributed by atoms with Crippen molar-refractivity contribution >= 4 is 49.0 Å². The molecule has 2 aromatic carbocycles. The summed E-state index contributed by atoms with van der Waals surface area (Å²) < 4.78 is 101. The lowest BCUT2D eigenvalue weighted by Gasteiger charge is -2.30. The summed E-state index contributed by atoms with van der Waals surface area (Å²) in [6, 6.07) is 13.8. The van der Waals surface area contributed by atoms with Crippen LogP contribution in [-0.2, 0) is 42.5 Å². The summed E-state index contributed by atoms with van der Waals surface area (Å²) in [4.78, 5) is 64.5.